The number of allylic oxidation sites excluding steroid dienone is 1. The summed E-state index contributed by atoms with van der Waals surface area (Å²) in [6.07, 6.45) is 4.47. The number of aryl methyl sites for hydroxylation is 2. The van der Waals surface area contributed by atoms with Gasteiger partial charge in [0.25, 0.3) is 0 Å². The Balaban J connectivity index is 1.64. The van der Waals surface area contributed by atoms with Gasteiger partial charge in [-0.1, -0.05) is 0 Å². The summed E-state index contributed by atoms with van der Waals surface area (Å²) in [4.78, 5) is 22.7. The average molecular weight is 320 g/mol. The van der Waals surface area contributed by atoms with Gasteiger partial charge in [0, 0.05) is 25.0 Å². The van der Waals surface area contributed by atoms with Gasteiger partial charge < -0.3 is 4.57 Å². The van der Waals surface area contributed by atoms with E-state index in [0.29, 0.717) is 11.7 Å². The lowest BCUT2D eigenvalue weighted by molar-refractivity contribution is -0.125. The van der Waals surface area contributed by atoms with Crippen LogP contribution < -0.4 is 0 Å². The highest BCUT2D eigenvalue weighted by molar-refractivity contribution is 8.04. The Hall–Kier alpha value is -1.47. The van der Waals surface area contributed by atoms with Crippen LogP contribution in [0.3, 0.4) is 0 Å². The zero-order chi connectivity index (χ0) is 15.0. The molecule has 110 valence electrons. The van der Waals surface area contributed by atoms with E-state index in [0.717, 1.165) is 29.9 Å². The lowest BCUT2D eigenvalue weighted by Crippen LogP contribution is -2.47. The summed E-state index contributed by atoms with van der Waals surface area (Å²) in [5.74, 6) is 0.0606. The molecule has 0 bridgehead atoms. The van der Waals surface area contributed by atoms with Crippen molar-refractivity contribution in [1.82, 2.24) is 14.5 Å². The predicted octanol–water partition coefficient (Wildman–Crippen LogP) is 2.17. The van der Waals surface area contributed by atoms with Gasteiger partial charge in [0.1, 0.15) is 5.25 Å². The monoisotopic (exact) mass is 320 g/mol. The molecular formula is C14H16N4OS2. The van der Waals surface area contributed by atoms with Crippen LogP contribution in [0.25, 0.3) is 0 Å². The Labute approximate surface area is 133 Å². The van der Waals surface area contributed by atoms with Gasteiger partial charge in [-0.25, -0.2) is 9.98 Å². The highest BCUT2D eigenvalue weighted by atomic mass is 32.2. The van der Waals surface area contributed by atoms with Gasteiger partial charge in [-0.15, -0.1) is 11.8 Å². The lowest BCUT2D eigenvalue weighted by atomic mass is 10.1. The minimum absolute atomic E-state index is 0.0606. The summed E-state index contributed by atoms with van der Waals surface area (Å²) < 4.78 is 2.07. The van der Waals surface area contributed by atoms with Crippen LogP contribution in [0.15, 0.2) is 28.5 Å². The van der Waals surface area contributed by atoms with Gasteiger partial charge in [0.15, 0.2) is 0 Å². The van der Waals surface area contributed by atoms with E-state index in [4.69, 9.17) is 12.2 Å². The summed E-state index contributed by atoms with van der Waals surface area (Å²) in [5, 5.41) is 2.18. The maximum absolute atomic E-state index is 12.5. The van der Waals surface area contributed by atoms with E-state index in [1.165, 1.54) is 11.8 Å². The Kier molecular flexibility index (Phi) is 3.95. The second-order valence-electron chi connectivity index (χ2n) is 5.17. The molecular weight excluding hydrogens is 304 g/mol. The number of aliphatic imine (C=N–C) groups is 1. The summed E-state index contributed by atoms with van der Waals surface area (Å²) in [5.41, 5.74) is 3.00. The van der Waals surface area contributed by atoms with Crippen molar-refractivity contribution in [3.05, 3.63) is 29.2 Å². The van der Waals surface area contributed by atoms with E-state index in [2.05, 4.69) is 14.5 Å². The molecule has 0 saturated carbocycles. The number of hydrogen-bond acceptors (Lipinski definition) is 4. The van der Waals surface area contributed by atoms with Crippen LogP contribution in [-0.4, -0.2) is 43.0 Å². The van der Waals surface area contributed by atoms with Crippen molar-refractivity contribution in [3.63, 3.8) is 0 Å². The average Bonchev–Trinajstić information content (AvgIpc) is 3.01. The second-order valence-corrected chi connectivity index (χ2v) is 6.51. The molecule has 0 aliphatic carbocycles. The third-order valence-electron chi connectivity index (χ3n) is 3.67. The summed E-state index contributed by atoms with van der Waals surface area (Å²) in [7, 11) is 0. The molecule has 1 amide bonds. The fourth-order valence-corrected chi connectivity index (χ4v) is 3.80. The topological polar surface area (TPSA) is 50.5 Å². The third kappa shape index (κ3) is 2.67. The maximum atomic E-state index is 12.5. The molecule has 1 aromatic rings. The van der Waals surface area contributed by atoms with E-state index in [9.17, 15) is 4.79 Å². The number of imidazole rings is 1. The van der Waals surface area contributed by atoms with Crippen molar-refractivity contribution in [2.24, 2.45) is 4.99 Å². The molecule has 5 nitrogen and oxygen atoms in total. The minimum Gasteiger partial charge on any atom is -0.335 e. The van der Waals surface area contributed by atoms with E-state index in [1.54, 1.807) is 4.90 Å². The minimum atomic E-state index is -0.202. The number of carbonyl (C=O) groups is 1. The fraction of sp³-hybridized carbons (Fsp3) is 0.429. The molecule has 1 atom stereocenters. The zero-order valence-electron chi connectivity index (χ0n) is 11.9. The number of thiocarbonyl (C=S) groups is 1. The summed E-state index contributed by atoms with van der Waals surface area (Å²) in [6.45, 7) is 5.41. The molecule has 0 fully saturated rings. The normalized spacial score (nSPS) is 21.4. The van der Waals surface area contributed by atoms with Crippen molar-refractivity contribution < 1.29 is 4.79 Å². The van der Waals surface area contributed by atoms with Crippen molar-refractivity contribution in [2.75, 3.05) is 6.54 Å². The molecule has 1 unspecified atom stereocenters. The number of aromatic nitrogens is 2. The second kappa shape index (κ2) is 5.73. The molecule has 0 aromatic carbocycles. The number of nitrogens with zero attached hydrogens (tertiary/aromatic N) is 4. The smallest absolute Gasteiger partial charge is 0.248 e. The first-order chi connectivity index (χ1) is 10.1. The first-order valence-corrected chi connectivity index (χ1v) is 8.16. The molecule has 7 heteroatoms. The molecule has 0 N–H and O–H groups in total. The van der Waals surface area contributed by atoms with Crippen LogP contribution in [0.4, 0.5) is 0 Å². The molecule has 3 rings (SSSR count). The van der Waals surface area contributed by atoms with Gasteiger partial charge in [0.05, 0.1) is 12.0 Å². The van der Waals surface area contributed by atoms with Gasteiger partial charge >= 0.3 is 0 Å². The van der Waals surface area contributed by atoms with Crippen LogP contribution >= 0.6 is 24.0 Å². The van der Waals surface area contributed by atoms with Crippen LogP contribution in [0, 0.1) is 6.92 Å². The summed E-state index contributed by atoms with van der Waals surface area (Å²) in [6, 6.07) is 0. The van der Waals surface area contributed by atoms with Crippen molar-refractivity contribution >= 4 is 40.7 Å². The fourth-order valence-electron chi connectivity index (χ4n) is 2.45. The standard InChI is InChI=1S/C14H16N4OS2/c1-9-7-21-12-11(9)16-14(20)18(13(12)19)5-3-4-17-8-15-6-10(17)2/h6-8,12H,3-5H2,1-2H3. The van der Waals surface area contributed by atoms with Gasteiger partial charge in [-0.2, -0.15) is 0 Å². The number of hydrogen-bond donors (Lipinski definition) is 0. The van der Waals surface area contributed by atoms with Crippen molar-refractivity contribution in [2.45, 2.75) is 32.1 Å². The number of carbonyl (C=O) groups excluding carboxylic acids is 1. The van der Waals surface area contributed by atoms with Crippen LogP contribution in [0.5, 0.6) is 0 Å². The van der Waals surface area contributed by atoms with Crippen molar-refractivity contribution in [3.8, 4) is 0 Å². The molecule has 1 aromatic heterocycles. The predicted molar refractivity (Wildman–Crippen MR) is 88.5 cm³/mol. The SMILES string of the molecule is CC1=CSC2C(=O)N(CCCn3cncc3C)C(=S)N=C12. The molecule has 21 heavy (non-hydrogen) atoms. The number of fused-ring (bicyclic) bond motifs is 1. The summed E-state index contributed by atoms with van der Waals surface area (Å²) >= 11 is 6.81. The van der Waals surface area contributed by atoms with E-state index in [-0.39, 0.29) is 11.2 Å². The quantitative estimate of drug-likeness (QED) is 0.798. The Bertz CT molecular complexity index is 662. The van der Waals surface area contributed by atoms with Crippen LogP contribution in [0.2, 0.25) is 0 Å². The van der Waals surface area contributed by atoms with Crippen LogP contribution in [0.1, 0.15) is 19.0 Å². The third-order valence-corrected chi connectivity index (χ3v) is 5.17. The molecule has 0 spiro atoms. The molecule has 2 aliphatic heterocycles. The Morgan fingerprint density at radius 1 is 1.38 bits per heavy atom. The van der Waals surface area contributed by atoms with Gasteiger partial charge in [-0.3, -0.25) is 9.69 Å². The van der Waals surface area contributed by atoms with Crippen LogP contribution in [-0.2, 0) is 11.3 Å². The highest BCUT2D eigenvalue weighted by Gasteiger charge is 2.38. The van der Waals surface area contributed by atoms with E-state index >= 15 is 0 Å². The maximum Gasteiger partial charge on any atom is 0.248 e. The number of rotatable bonds is 4. The van der Waals surface area contributed by atoms with E-state index < -0.39 is 0 Å². The van der Waals surface area contributed by atoms with Crippen molar-refractivity contribution in [1.29, 1.82) is 0 Å². The highest BCUT2D eigenvalue weighted by Crippen LogP contribution is 2.32. The van der Waals surface area contributed by atoms with Gasteiger partial charge in [0.2, 0.25) is 11.0 Å². The molecule has 3 heterocycles. The largest absolute Gasteiger partial charge is 0.335 e. The molecule has 0 saturated heterocycles. The zero-order valence-corrected chi connectivity index (χ0v) is 13.6. The van der Waals surface area contributed by atoms with E-state index in [1.807, 2.05) is 31.8 Å². The van der Waals surface area contributed by atoms with Gasteiger partial charge in [-0.05, 0) is 43.5 Å². The number of thioether (sulfide) groups is 1. The lowest BCUT2D eigenvalue weighted by Gasteiger charge is -2.28. The Morgan fingerprint density at radius 3 is 2.90 bits per heavy atom. The first kappa shape index (κ1) is 14.5. The molecule has 2 aliphatic rings. The Morgan fingerprint density at radius 2 is 2.19 bits per heavy atom. The first-order valence-electron chi connectivity index (χ1n) is 6.81. The molecule has 0 radical (unpaired) electrons. The number of amides is 1.